The van der Waals surface area contributed by atoms with Crippen LogP contribution in [0.5, 0.6) is 0 Å². The van der Waals surface area contributed by atoms with Crippen molar-refractivity contribution in [3.63, 3.8) is 0 Å². The monoisotopic (exact) mass is 236 g/mol. The highest BCUT2D eigenvalue weighted by Crippen LogP contribution is 2.23. The lowest BCUT2D eigenvalue weighted by Crippen LogP contribution is -1.98. The lowest BCUT2D eigenvalue weighted by atomic mass is 10.1. The normalized spacial score (nSPS) is 10.4. The van der Waals surface area contributed by atoms with Gasteiger partial charge in [-0.3, -0.25) is 0 Å². The second-order valence-corrected chi connectivity index (χ2v) is 3.75. The molecule has 0 saturated carbocycles. The van der Waals surface area contributed by atoms with Crippen molar-refractivity contribution < 1.29 is 4.39 Å². The highest BCUT2D eigenvalue weighted by molar-refractivity contribution is 6.29. The van der Waals surface area contributed by atoms with Crippen molar-refractivity contribution in [2.24, 2.45) is 5.73 Å². The topological polar surface area (TPSA) is 38.9 Å². The molecule has 0 unspecified atom stereocenters. The van der Waals surface area contributed by atoms with E-state index in [9.17, 15) is 4.39 Å². The van der Waals surface area contributed by atoms with Crippen LogP contribution in [0.3, 0.4) is 0 Å². The lowest BCUT2D eigenvalue weighted by molar-refractivity contribution is 0.630. The summed E-state index contributed by atoms with van der Waals surface area (Å²) in [5, 5.41) is 0.321. The second-order valence-electron chi connectivity index (χ2n) is 3.37. The average molecular weight is 237 g/mol. The number of hydrogen-bond acceptors (Lipinski definition) is 2. The summed E-state index contributed by atoms with van der Waals surface area (Å²) in [4.78, 5) is 4.08. The van der Waals surface area contributed by atoms with Crippen LogP contribution in [0.2, 0.25) is 5.15 Å². The minimum atomic E-state index is -0.319. The van der Waals surface area contributed by atoms with Crippen molar-refractivity contribution in [1.82, 2.24) is 4.98 Å². The van der Waals surface area contributed by atoms with Crippen molar-refractivity contribution in [1.29, 1.82) is 0 Å². The quantitative estimate of drug-likeness (QED) is 0.815. The van der Waals surface area contributed by atoms with E-state index >= 15 is 0 Å². The molecule has 0 spiro atoms. The van der Waals surface area contributed by atoms with E-state index in [-0.39, 0.29) is 5.82 Å². The standard InChI is InChI=1S/C12H10ClFN2/c13-12-6-8(7-15)5-11(16-12)9-3-1-2-4-10(9)14/h1-6H,7,15H2. The molecular formula is C12H10ClFN2. The van der Waals surface area contributed by atoms with Crippen LogP contribution in [0, 0.1) is 5.82 Å². The summed E-state index contributed by atoms with van der Waals surface area (Å²) >= 11 is 5.84. The molecule has 16 heavy (non-hydrogen) atoms. The molecule has 2 rings (SSSR count). The van der Waals surface area contributed by atoms with Crippen molar-refractivity contribution in [2.45, 2.75) is 6.54 Å². The van der Waals surface area contributed by atoms with Crippen LogP contribution in [0.25, 0.3) is 11.3 Å². The summed E-state index contributed by atoms with van der Waals surface area (Å²) in [6, 6.07) is 9.85. The van der Waals surface area contributed by atoms with Gasteiger partial charge in [-0.1, -0.05) is 23.7 Å². The van der Waals surface area contributed by atoms with Gasteiger partial charge in [0.2, 0.25) is 0 Å². The molecular weight excluding hydrogens is 227 g/mol. The van der Waals surface area contributed by atoms with Gasteiger partial charge in [-0.25, -0.2) is 9.37 Å². The Kier molecular flexibility index (Phi) is 3.17. The predicted octanol–water partition coefficient (Wildman–Crippen LogP) is 3.00. The van der Waals surface area contributed by atoms with Gasteiger partial charge in [0, 0.05) is 12.1 Å². The molecule has 0 radical (unpaired) electrons. The number of hydrogen-bond donors (Lipinski definition) is 1. The van der Waals surface area contributed by atoms with Gasteiger partial charge in [0.1, 0.15) is 11.0 Å². The number of benzene rings is 1. The van der Waals surface area contributed by atoms with Crippen LogP contribution in [0.15, 0.2) is 36.4 Å². The molecule has 0 saturated heterocycles. The molecule has 4 heteroatoms. The van der Waals surface area contributed by atoms with Gasteiger partial charge in [0.05, 0.1) is 5.69 Å². The van der Waals surface area contributed by atoms with Gasteiger partial charge in [-0.15, -0.1) is 0 Å². The van der Waals surface area contributed by atoms with E-state index in [4.69, 9.17) is 17.3 Å². The van der Waals surface area contributed by atoms with Gasteiger partial charge in [-0.2, -0.15) is 0 Å². The van der Waals surface area contributed by atoms with Crippen LogP contribution in [-0.2, 0) is 6.54 Å². The zero-order chi connectivity index (χ0) is 11.5. The molecule has 2 N–H and O–H groups in total. The Bertz CT molecular complexity index is 514. The molecule has 0 aliphatic rings. The predicted molar refractivity (Wildman–Crippen MR) is 62.5 cm³/mol. The zero-order valence-corrected chi connectivity index (χ0v) is 9.21. The number of rotatable bonds is 2. The number of nitrogens with zero attached hydrogens (tertiary/aromatic N) is 1. The van der Waals surface area contributed by atoms with E-state index in [1.54, 1.807) is 30.3 Å². The Labute approximate surface area is 97.9 Å². The molecule has 2 nitrogen and oxygen atoms in total. The smallest absolute Gasteiger partial charge is 0.132 e. The summed E-state index contributed by atoms with van der Waals surface area (Å²) in [5.41, 5.74) is 7.29. The first kappa shape index (κ1) is 11.0. The first-order chi connectivity index (χ1) is 7.70. The third kappa shape index (κ3) is 2.21. The van der Waals surface area contributed by atoms with Crippen molar-refractivity contribution >= 4 is 11.6 Å². The average Bonchev–Trinajstić information content (AvgIpc) is 2.28. The molecule has 82 valence electrons. The minimum Gasteiger partial charge on any atom is -0.326 e. The largest absolute Gasteiger partial charge is 0.326 e. The zero-order valence-electron chi connectivity index (χ0n) is 8.45. The summed E-state index contributed by atoms with van der Waals surface area (Å²) in [6.45, 7) is 0.351. The molecule has 0 fully saturated rings. The molecule has 1 aromatic carbocycles. The Morgan fingerprint density at radius 1 is 1.25 bits per heavy atom. The Balaban J connectivity index is 2.56. The highest BCUT2D eigenvalue weighted by atomic mass is 35.5. The van der Waals surface area contributed by atoms with Gasteiger partial charge in [0.25, 0.3) is 0 Å². The summed E-state index contributed by atoms with van der Waals surface area (Å²) < 4.78 is 13.5. The summed E-state index contributed by atoms with van der Waals surface area (Å²) in [7, 11) is 0. The van der Waals surface area contributed by atoms with Crippen LogP contribution in [0.4, 0.5) is 4.39 Å². The maximum Gasteiger partial charge on any atom is 0.132 e. The van der Waals surface area contributed by atoms with Gasteiger partial charge >= 0.3 is 0 Å². The number of nitrogens with two attached hydrogens (primary N) is 1. The van der Waals surface area contributed by atoms with Crippen molar-refractivity contribution in [2.75, 3.05) is 0 Å². The SMILES string of the molecule is NCc1cc(Cl)nc(-c2ccccc2F)c1. The molecule has 0 aliphatic carbocycles. The van der Waals surface area contributed by atoms with E-state index in [1.807, 2.05) is 0 Å². The number of halogens is 2. The Hall–Kier alpha value is -1.45. The first-order valence-electron chi connectivity index (χ1n) is 4.82. The number of aromatic nitrogens is 1. The second kappa shape index (κ2) is 4.60. The van der Waals surface area contributed by atoms with Crippen LogP contribution >= 0.6 is 11.6 Å². The van der Waals surface area contributed by atoms with Gasteiger partial charge in [0.15, 0.2) is 0 Å². The molecule has 0 amide bonds. The van der Waals surface area contributed by atoms with Gasteiger partial charge < -0.3 is 5.73 Å². The van der Waals surface area contributed by atoms with E-state index in [2.05, 4.69) is 4.98 Å². The Morgan fingerprint density at radius 3 is 2.69 bits per heavy atom. The summed E-state index contributed by atoms with van der Waals surface area (Å²) in [6.07, 6.45) is 0. The fourth-order valence-electron chi connectivity index (χ4n) is 1.47. The third-order valence-electron chi connectivity index (χ3n) is 2.24. The maximum atomic E-state index is 13.5. The molecule has 1 heterocycles. The molecule has 0 aliphatic heterocycles. The van der Waals surface area contributed by atoms with Crippen LogP contribution in [-0.4, -0.2) is 4.98 Å². The Morgan fingerprint density at radius 2 is 2.00 bits per heavy atom. The van der Waals surface area contributed by atoms with Crippen LogP contribution in [0.1, 0.15) is 5.56 Å². The van der Waals surface area contributed by atoms with Gasteiger partial charge in [-0.05, 0) is 29.8 Å². The molecule has 0 atom stereocenters. The van der Waals surface area contributed by atoms with E-state index in [0.717, 1.165) is 5.56 Å². The lowest BCUT2D eigenvalue weighted by Gasteiger charge is -2.05. The van der Waals surface area contributed by atoms with E-state index in [0.29, 0.717) is 23.0 Å². The van der Waals surface area contributed by atoms with Crippen LogP contribution < -0.4 is 5.73 Å². The number of pyridine rings is 1. The third-order valence-corrected chi connectivity index (χ3v) is 2.43. The van der Waals surface area contributed by atoms with E-state index < -0.39 is 0 Å². The molecule has 1 aromatic heterocycles. The van der Waals surface area contributed by atoms with Crippen molar-refractivity contribution in [3.05, 3.63) is 52.9 Å². The molecule has 2 aromatic rings. The minimum absolute atomic E-state index is 0.319. The fraction of sp³-hybridized carbons (Fsp3) is 0.0833. The fourth-order valence-corrected chi connectivity index (χ4v) is 1.71. The highest BCUT2D eigenvalue weighted by Gasteiger charge is 2.07. The van der Waals surface area contributed by atoms with E-state index in [1.165, 1.54) is 6.07 Å². The first-order valence-corrected chi connectivity index (χ1v) is 5.20. The van der Waals surface area contributed by atoms with Crippen molar-refractivity contribution in [3.8, 4) is 11.3 Å². The molecule has 0 bridgehead atoms. The summed E-state index contributed by atoms with van der Waals surface area (Å²) in [5.74, 6) is -0.319. The maximum absolute atomic E-state index is 13.5.